The van der Waals surface area contributed by atoms with Crippen LogP contribution in [-0.4, -0.2) is 35.6 Å². The van der Waals surface area contributed by atoms with Crippen molar-refractivity contribution < 1.29 is 17.6 Å². The molecule has 1 aromatic heterocycles. The van der Waals surface area contributed by atoms with Crippen LogP contribution in [0.3, 0.4) is 0 Å². The number of benzene rings is 1. The number of nitrogens with zero attached hydrogens (tertiary/aromatic N) is 2. The number of hydrogen-bond acceptors (Lipinski definition) is 4. The van der Waals surface area contributed by atoms with Crippen molar-refractivity contribution in [1.29, 1.82) is 0 Å². The van der Waals surface area contributed by atoms with Crippen molar-refractivity contribution in [3.05, 3.63) is 46.5 Å². The number of rotatable bonds is 4. The molecular weight excluding hydrogens is 381 g/mol. The molecule has 0 spiro atoms. The topological polar surface area (TPSA) is 81.1 Å². The molecule has 0 radical (unpaired) electrons. The molecule has 2 aromatic rings. The fourth-order valence-corrected chi connectivity index (χ4v) is 4.85. The van der Waals surface area contributed by atoms with Gasteiger partial charge < -0.3 is 5.32 Å². The molecule has 1 aliphatic rings. The van der Waals surface area contributed by atoms with Crippen LogP contribution >= 0.6 is 11.6 Å². The van der Waals surface area contributed by atoms with Gasteiger partial charge >= 0.3 is 0 Å². The predicted octanol–water partition coefficient (Wildman–Crippen LogP) is 3.41. The summed E-state index contributed by atoms with van der Waals surface area (Å²) < 4.78 is 38.4. The van der Waals surface area contributed by atoms with Gasteiger partial charge in [-0.1, -0.05) is 25.4 Å². The monoisotopic (exact) mass is 399 g/mol. The number of aromatic nitrogens is 2. The second-order valence-electron chi connectivity index (χ2n) is 6.69. The molecule has 0 saturated carbocycles. The fourth-order valence-electron chi connectivity index (χ4n) is 2.98. The van der Waals surface area contributed by atoms with E-state index in [1.54, 1.807) is 10.7 Å². The number of carbonyl (C=O) groups excluding carboxylic acids is 1. The Morgan fingerprint density at radius 3 is 2.69 bits per heavy atom. The zero-order valence-electron chi connectivity index (χ0n) is 14.4. The molecule has 1 unspecified atom stereocenters. The van der Waals surface area contributed by atoms with E-state index < -0.39 is 21.6 Å². The van der Waals surface area contributed by atoms with Crippen molar-refractivity contribution in [3.8, 4) is 0 Å². The summed E-state index contributed by atoms with van der Waals surface area (Å²) in [6, 6.07) is 5.29. The lowest BCUT2D eigenvalue weighted by Gasteiger charge is -2.15. The maximum absolute atomic E-state index is 13.2. The molecule has 1 atom stereocenters. The Hall–Kier alpha value is -1.93. The molecule has 2 heterocycles. The first-order valence-electron chi connectivity index (χ1n) is 8.22. The third-order valence-electron chi connectivity index (χ3n) is 4.32. The minimum absolute atomic E-state index is 0.0308. The summed E-state index contributed by atoms with van der Waals surface area (Å²) in [6.45, 7) is 3.91. The van der Waals surface area contributed by atoms with Crippen molar-refractivity contribution in [3.63, 3.8) is 0 Å². The average molecular weight is 400 g/mol. The minimum atomic E-state index is -3.07. The van der Waals surface area contributed by atoms with Crippen LogP contribution in [-0.2, 0) is 9.84 Å². The molecule has 9 heteroatoms. The van der Waals surface area contributed by atoms with E-state index in [0.717, 1.165) is 5.69 Å². The Morgan fingerprint density at radius 2 is 2.12 bits per heavy atom. The summed E-state index contributed by atoms with van der Waals surface area (Å²) in [4.78, 5) is 12.5. The van der Waals surface area contributed by atoms with Gasteiger partial charge in [0.25, 0.3) is 5.91 Å². The Bertz CT molecular complexity index is 956. The van der Waals surface area contributed by atoms with Crippen molar-refractivity contribution in [2.24, 2.45) is 0 Å². The average Bonchev–Trinajstić information content (AvgIpc) is 3.14. The van der Waals surface area contributed by atoms with E-state index in [1.165, 1.54) is 18.2 Å². The third-order valence-corrected chi connectivity index (χ3v) is 6.36. The summed E-state index contributed by atoms with van der Waals surface area (Å²) in [7, 11) is -3.07. The Morgan fingerprint density at radius 1 is 1.38 bits per heavy atom. The first kappa shape index (κ1) is 18.8. The van der Waals surface area contributed by atoms with Crippen LogP contribution in [0.2, 0.25) is 5.02 Å². The van der Waals surface area contributed by atoms with Gasteiger partial charge in [0.05, 0.1) is 22.6 Å². The summed E-state index contributed by atoms with van der Waals surface area (Å²) in [5, 5.41) is 6.89. The second kappa shape index (κ2) is 7.00. The van der Waals surface area contributed by atoms with E-state index in [9.17, 15) is 17.6 Å². The molecule has 6 nitrogen and oxygen atoms in total. The first-order chi connectivity index (χ1) is 12.2. The van der Waals surface area contributed by atoms with Crippen molar-refractivity contribution in [2.45, 2.75) is 32.2 Å². The van der Waals surface area contributed by atoms with Gasteiger partial charge in [-0.15, -0.1) is 0 Å². The van der Waals surface area contributed by atoms with Gasteiger partial charge in [-0.3, -0.25) is 9.48 Å². The maximum atomic E-state index is 13.2. The molecule has 1 aromatic carbocycles. The standard InChI is InChI=1S/C17H19ClFN3O3S/c1-10(2)16-8-15(21-22(16)12-5-6-26(24,25)9-12)17(23)20-11-3-4-14(19)13(18)7-11/h3-4,7-8,10,12H,5-6,9H2,1-2H3,(H,20,23). The number of halogens is 2. The number of carbonyl (C=O) groups is 1. The van der Waals surface area contributed by atoms with E-state index in [4.69, 9.17) is 11.6 Å². The van der Waals surface area contributed by atoms with Crippen LogP contribution in [0.5, 0.6) is 0 Å². The van der Waals surface area contributed by atoms with Gasteiger partial charge in [0.2, 0.25) is 0 Å². The molecule has 1 saturated heterocycles. The van der Waals surface area contributed by atoms with Crippen LogP contribution in [0.15, 0.2) is 24.3 Å². The highest BCUT2D eigenvalue weighted by atomic mass is 35.5. The highest BCUT2D eigenvalue weighted by Gasteiger charge is 2.32. The normalized spacial score (nSPS) is 19.0. The van der Waals surface area contributed by atoms with Crippen LogP contribution < -0.4 is 5.32 Å². The number of amides is 1. The van der Waals surface area contributed by atoms with E-state index in [0.29, 0.717) is 12.1 Å². The maximum Gasteiger partial charge on any atom is 0.276 e. The number of sulfone groups is 1. The molecule has 0 aliphatic carbocycles. The molecule has 1 fully saturated rings. The molecule has 1 N–H and O–H groups in total. The molecule has 1 aliphatic heterocycles. The van der Waals surface area contributed by atoms with Crippen LogP contribution in [0.25, 0.3) is 0 Å². The molecule has 1 amide bonds. The van der Waals surface area contributed by atoms with Gasteiger partial charge in [0, 0.05) is 11.4 Å². The smallest absolute Gasteiger partial charge is 0.276 e. The zero-order chi connectivity index (χ0) is 19.1. The SMILES string of the molecule is CC(C)c1cc(C(=O)Nc2ccc(F)c(Cl)c2)nn1C1CCS(=O)(=O)C1. The van der Waals surface area contributed by atoms with Gasteiger partial charge in [-0.05, 0) is 36.6 Å². The summed E-state index contributed by atoms with van der Waals surface area (Å²) in [6.07, 6.45) is 0.484. The van der Waals surface area contributed by atoms with Crippen LogP contribution in [0, 0.1) is 5.82 Å². The van der Waals surface area contributed by atoms with E-state index in [-0.39, 0.29) is 34.2 Å². The Kier molecular flexibility index (Phi) is 5.07. The Labute approximate surface area is 156 Å². The van der Waals surface area contributed by atoms with Gasteiger partial charge in [0.1, 0.15) is 5.82 Å². The largest absolute Gasteiger partial charge is 0.321 e. The molecule has 0 bridgehead atoms. The minimum Gasteiger partial charge on any atom is -0.321 e. The van der Waals surface area contributed by atoms with Crippen molar-refractivity contribution in [2.75, 3.05) is 16.8 Å². The molecular formula is C17H19ClFN3O3S. The lowest BCUT2D eigenvalue weighted by atomic mass is 10.1. The predicted molar refractivity (Wildman–Crippen MR) is 98.0 cm³/mol. The summed E-state index contributed by atoms with van der Waals surface area (Å²) >= 11 is 5.72. The Balaban J connectivity index is 1.87. The summed E-state index contributed by atoms with van der Waals surface area (Å²) in [5.41, 5.74) is 1.33. The number of anilines is 1. The van der Waals surface area contributed by atoms with E-state index in [2.05, 4.69) is 10.4 Å². The van der Waals surface area contributed by atoms with Gasteiger partial charge in [-0.2, -0.15) is 5.10 Å². The quantitative estimate of drug-likeness (QED) is 0.854. The fraction of sp³-hybridized carbons (Fsp3) is 0.412. The van der Waals surface area contributed by atoms with Gasteiger partial charge in [-0.25, -0.2) is 12.8 Å². The second-order valence-corrected chi connectivity index (χ2v) is 9.33. The zero-order valence-corrected chi connectivity index (χ0v) is 15.9. The highest BCUT2D eigenvalue weighted by molar-refractivity contribution is 7.91. The lowest BCUT2D eigenvalue weighted by Crippen LogP contribution is -2.17. The van der Waals surface area contributed by atoms with Crippen LogP contribution in [0.1, 0.15) is 48.4 Å². The van der Waals surface area contributed by atoms with Crippen LogP contribution in [0.4, 0.5) is 10.1 Å². The highest BCUT2D eigenvalue weighted by Crippen LogP contribution is 2.28. The van der Waals surface area contributed by atoms with Gasteiger partial charge in [0.15, 0.2) is 15.5 Å². The molecule has 3 rings (SSSR count). The molecule has 140 valence electrons. The van der Waals surface area contributed by atoms with Crippen molar-refractivity contribution in [1.82, 2.24) is 9.78 Å². The van der Waals surface area contributed by atoms with Crippen molar-refractivity contribution >= 4 is 33.0 Å². The third kappa shape index (κ3) is 3.91. The lowest BCUT2D eigenvalue weighted by molar-refractivity contribution is 0.102. The molecule has 26 heavy (non-hydrogen) atoms. The van der Waals surface area contributed by atoms with E-state index >= 15 is 0 Å². The summed E-state index contributed by atoms with van der Waals surface area (Å²) in [5.74, 6) is -0.798. The first-order valence-corrected chi connectivity index (χ1v) is 10.4. The van der Waals surface area contributed by atoms with E-state index in [1.807, 2.05) is 13.8 Å². The number of hydrogen-bond donors (Lipinski definition) is 1. The number of nitrogens with one attached hydrogen (secondary N) is 1.